The van der Waals surface area contributed by atoms with Crippen LogP contribution in [0.2, 0.25) is 0 Å². The molecule has 5 rings (SSSR count). The number of hydrogen-bond donors (Lipinski definition) is 2. The Hall–Kier alpha value is -5.30. The van der Waals surface area contributed by atoms with Crippen LogP contribution in [0.25, 0.3) is 11.8 Å². The second-order valence-corrected chi connectivity index (χ2v) is 9.08. The number of halogens is 3. The summed E-state index contributed by atoms with van der Waals surface area (Å²) in [4.78, 5) is 29.2. The molecule has 0 aliphatic rings. The van der Waals surface area contributed by atoms with E-state index >= 15 is 0 Å². The van der Waals surface area contributed by atoms with Crippen molar-refractivity contribution >= 4 is 17.7 Å². The largest absolute Gasteiger partial charge is 0.381 e. The molecule has 0 aliphatic carbocycles. The molecule has 2 heterocycles. The first-order valence-corrected chi connectivity index (χ1v) is 12.2. The molecule has 208 valence electrons. The topological polar surface area (TPSA) is 120 Å². The Kier molecular flexibility index (Phi) is 7.61. The van der Waals surface area contributed by atoms with Gasteiger partial charge in [-0.25, -0.2) is 36.9 Å². The normalized spacial score (nSPS) is 12.9. The van der Waals surface area contributed by atoms with Gasteiger partial charge in [0, 0.05) is 29.0 Å². The summed E-state index contributed by atoms with van der Waals surface area (Å²) >= 11 is 0. The molecule has 1 amide bonds. The van der Waals surface area contributed by atoms with Gasteiger partial charge in [0.05, 0.1) is 18.8 Å². The molecule has 0 aliphatic heterocycles. The molecule has 0 saturated heterocycles. The first kappa shape index (κ1) is 27.3. The van der Waals surface area contributed by atoms with Gasteiger partial charge in [0.1, 0.15) is 42.0 Å². The van der Waals surface area contributed by atoms with Crippen LogP contribution >= 0.6 is 0 Å². The summed E-state index contributed by atoms with van der Waals surface area (Å²) in [5, 5.41) is 22.2. The quantitative estimate of drug-likeness (QED) is 0.267. The maximum absolute atomic E-state index is 14.7. The number of aromatic nitrogens is 6. The van der Waals surface area contributed by atoms with E-state index in [0.29, 0.717) is 17.4 Å². The maximum Gasteiger partial charge on any atom is 0.350 e. The number of carbonyl (C=O) groups excluding carboxylic acids is 1. The third-order valence-electron chi connectivity index (χ3n) is 6.20. The molecule has 0 radical (unpaired) electrons. The SMILES string of the molecule is O=C(/C=C/c1ccccc1F)Nc1ccc(-n2cnn(CC(O)(Cn3cncn3)c3ccc(F)cc3F)c2=O)cc1. The van der Waals surface area contributed by atoms with Crippen LogP contribution in [-0.4, -0.2) is 40.1 Å². The Balaban J connectivity index is 1.34. The molecule has 0 spiro atoms. The smallest absolute Gasteiger partial charge is 0.350 e. The number of benzene rings is 3. The van der Waals surface area contributed by atoms with Gasteiger partial charge in [-0.2, -0.15) is 10.2 Å². The van der Waals surface area contributed by atoms with Gasteiger partial charge in [-0.1, -0.05) is 24.3 Å². The minimum atomic E-state index is -2.04. The average Bonchev–Trinajstić information content (AvgIpc) is 3.58. The lowest BCUT2D eigenvalue weighted by Crippen LogP contribution is -2.41. The Morgan fingerprint density at radius 3 is 2.44 bits per heavy atom. The van der Waals surface area contributed by atoms with Gasteiger partial charge < -0.3 is 10.4 Å². The minimum Gasteiger partial charge on any atom is -0.381 e. The second-order valence-electron chi connectivity index (χ2n) is 9.08. The van der Waals surface area contributed by atoms with Crippen LogP contribution in [0, 0.1) is 17.5 Å². The molecule has 3 aromatic carbocycles. The highest BCUT2D eigenvalue weighted by Crippen LogP contribution is 2.28. The Bertz CT molecular complexity index is 1770. The van der Waals surface area contributed by atoms with Crippen molar-refractivity contribution in [3.63, 3.8) is 0 Å². The van der Waals surface area contributed by atoms with E-state index in [1.807, 2.05) is 0 Å². The van der Waals surface area contributed by atoms with Crippen LogP contribution in [-0.2, 0) is 23.5 Å². The zero-order valence-corrected chi connectivity index (χ0v) is 21.2. The van der Waals surface area contributed by atoms with Crippen LogP contribution in [0.15, 0.2) is 96.6 Å². The fourth-order valence-electron chi connectivity index (χ4n) is 4.21. The average molecular weight is 562 g/mol. The van der Waals surface area contributed by atoms with Crippen molar-refractivity contribution < 1.29 is 23.1 Å². The van der Waals surface area contributed by atoms with Crippen molar-refractivity contribution in [2.45, 2.75) is 18.7 Å². The number of nitrogens with one attached hydrogen (secondary N) is 1. The summed E-state index contributed by atoms with van der Waals surface area (Å²) in [6.45, 7) is -0.779. The summed E-state index contributed by atoms with van der Waals surface area (Å²) < 4.78 is 45.4. The molecule has 41 heavy (non-hydrogen) atoms. The second kappa shape index (κ2) is 11.4. The van der Waals surface area contributed by atoms with Gasteiger partial charge in [-0.15, -0.1) is 0 Å². The number of rotatable bonds is 9. The zero-order chi connectivity index (χ0) is 29.0. The van der Waals surface area contributed by atoms with E-state index in [1.165, 1.54) is 52.5 Å². The van der Waals surface area contributed by atoms with E-state index in [1.54, 1.807) is 36.4 Å². The van der Waals surface area contributed by atoms with Gasteiger partial charge in [0.15, 0.2) is 0 Å². The molecule has 2 aromatic heterocycles. The van der Waals surface area contributed by atoms with Crippen molar-refractivity contribution in [1.82, 2.24) is 29.1 Å². The standard InChI is InChI=1S/C28H22F3N7O3/c29-20-6-11-23(25(31)13-20)28(41,14-36-17-32-16-33-36)15-38-27(40)37(18-34-38)22-9-7-21(8-10-22)35-26(39)12-5-19-3-1-2-4-24(19)30/h1-13,16-18,41H,14-15H2,(H,35,39)/b12-5+. The lowest BCUT2D eigenvalue weighted by atomic mass is 9.93. The Morgan fingerprint density at radius 1 is 0.951 bits per heavy atom. The molecule has 10 nitrogen and oxygen atoms in total. The summed E-state index contributed by atoms with van der Waals surface area (Å²) in [6, 6.07) is 15.0. The third-order valence-corrected chi connectivity index (χ3v) is 6.20. The number of anilines is 1. The minimum absolute atomic E-state index is 0.250. The number of aliphatic hydroxyl groups is 1. The fourth-order valence-corrected chi connectivity index (χ4v) is 4.21. The van der Waals surface area contributed by atoms with Gasteiger partial charge in [0.2, 0.25) is 5.91 Å². The van der Waals surface area contributed by atoms with Crippen molar-refractivity contribution in [3.8, 4) is 5.69 Å². The Morgan fingerprint density at radius 2 is 1.73 bits per heavy atom. The van der Waals surface area contributed by atoms with Gasteiger partial charge in [-0.3, -0.25) is 4.79 Å². The molecular weight excluding hydrogens is 539 g/mol. The number of amides is 1. The van der Waals surface area contributed by atoms with Crippen LogP contribution in [0.1, 0.15) is 11.1 Å². The number of hydrogen-bond acceptors (Lipinski definition) is 6. The predicted molar refractivity (Wildman–Crippen MR) is 142 cm³/mol. The number of carbonyl (C=O) groups is 1. The monoisotopic (exact) mass is 561 g/mol. The van der Waals surface area contributed by atoms with Crippen molar-refractivity contribution in [3.05, 3.63) is 131 Å². The van der Waals surface area contributed by atoms with Gasteiger partial charge in [-0.05, 0) is 42.5 Å². The summed E-state index contributed by atoms with van der Waals surface area (Å²) in [6.07, 6.45) is 6.32. The van der Waals surface area contributed by atoms with Crippen LogP contribution in [0.5, 0.6) is 0 Å². The molecule has 5 aromatic rings. The molecule has 2 N–H and O–H groups in total. The molecule has 1 atom stereocenters. The van der Waals surface area contributed by atoms with E-state index in [9.17, 15) is 27.9 Å². The van der Waals surface area contributed by atoms with E-state index < -0.39 is 41.2 Å². The van der Waals surface area contributed by atoms with Crippen molar-refractivity contribution in [1.29, 1.82) is 0 Å². The van der Waals surface area contributed by atoms with Crippen LogP contribution in [0.4, 0.5) is 18.9 Å². The van der Waals surface area contributed by atoms with Crippen LogP contribution in [0.3, 0.4) is 0 Å². The lowest BCUT2D eigenvalue weighted by Gasteiger charge is -2.28. The highest BCUT2D eigenvalue weighted by molar-refractivity contribution is 6.01. The zero-order valence-electron chi connectivity index (χ0n) is 21.2. The van der Waals surface area contributed by atoms with Crippen molar-refractivity contribution in [2.75, 3.05) is 5.32 Å². The molecule has 1 unspecified atom stereocenters. The highest BCUT2D eigenvalue weighted by atomic mass is 19.1. The molecule has 13 heteroatoms. The fraction of sp³-hybridized carbons (Fsp3) is 0.107. The Labute approximate surface area is 230 Å². The highest BCUT2D eigenvalue weighted by Gasteiger charge is 2.35. The maximum atomic E-state index is 14.7. The van der Waals surface area contributed by atoms with E-state index in [0.717, 1.165) is 16.8 Å². The van der Waals surface area contributed by atoms with E-state index in [2.05, 4.69) is 20.5 Å². The first-order chi connectivity index (χ1) is 19.7. The van der Waals surface area contributed by atoms with Gasteiger partial charge in [0.25, 0.3) is 0 Å². The predicted octanol–water partition coefficient (Wildman–Crippen LogP) is 3.28. The first-order valence-electron chi connectivity index (χ1n) is 12.2. The summed E-state index contributed by atoms with van der Waals surface area (Å²) in [7, 11) is 0. The number of nitrogens with zero attached hydrogens (tertiary/aromatic N) is 6. The summed E-state index contributed by atoms with van der Waals surface area (Å²) in [5.74, 6) is -2.75. The van der Waals surface area contributed by atoms with E-state index in [4.69, 9.17) is 0 Å². The molecule has 0 bridgehead atoms. The van der Waals surface area contributed by atoms with Crippen molar-refractivity contribution in [2.24, 2.45) is 0 Å². The summed E-state index contributed by atoms with van der Waals surface area (Å²) in [5.41, 5.74) is -1.85. The molecular formula is C28H22F3N7O3. The van der Waals surface area contributed by atoms with Crippen LogP contribution < -0.4 is 11.0 Å². The molecule has 0 fully saturated rings. The lowest BCUT2D eigenvalue weighted by molar-refractivity contribution is -0.111. The van der Waals surface area contributed by atoms with Gasteiger partial charge >= 0.3 is 5.69 Å². The third kappa shape index (κ3) is 6.15. The molecule has 0 saturated carbocycles. The van der Waals surface area contributed by atoms with E-state index in [-0.39, 0.29) is 17.7 Å².